The lowest BCUT2D eigenvalue weighted by molar-refractivity contribution is -0.384. The van der Waals surface area contributed by atoms with E-state index >= 15 is 0 Å². The van der Waals surface area contributed by atoms with Crippen molar-refractivity contribution in [2.45, 2.75) is 25.2 Å². The molecule has 6 rings (SSSR count). The third kappa shape index (κ3) is 4.45. The molecule has 2 aromatic carbocycles. The molecule has 184 valence electrons. The number of nitrogens with one attached hydrogen (secondary N) is 1. The number of nitrogens with zero attached hydrogens (tertiary/aromatic N) is 3. The van der Waals surface area contributed by atoms with Crippen LogP contribution in [-0.2, 0) is 12.8 Å². The van der Waals surface area contributed by atoms with E-state index in [0.29, 0.717) is 32.9 Å². The van der Waals surface area contributed by atoms with E-state index in [9.17, 15) is 14.9 Å². The molecule has 1 amide bonds. The highest BCUT2D eigenvalue weighted by Crippen LogP contribution is 2.39. The van der Waals surface area contributed by atoms with E-state index in [2.05, 4.69) is 40.6 Å². The van der Waals surface area contributed by atoms with Crippen LogP contribution in [0.1, 0.15) is 38.8 Å². The van der Waals surface area contributed by atoms with Gasteiger partial charge in [0.1, 0.15) is 9.71 Å². The molecule has 1 atom stereocenters. The Kier molecular flexibility index (Phi) is 5.90. The van der Waals surface area contributed by atoms with Crippen LogP contribution in [0.4, 0.5) is 16.5 Å². The van der Waals surface area contributed by atoms with Crippen molar-refractivity contribution >= 4 is 55.3 Å². The number of non-ortho nitro benzene ring substituents is 1. The number of nitrogen functional groups attached to an aromatic ring is 1. The zero-order chi connectivity index (χ0) is 25.5. The largest absolute Gasteiger partial charge is 0.397 e. The topological polar surface area (TPSA) is 124 Å². The molecule has 8 nitrogen and oxygen atoms in total. The summed E-state index contributed by atoms with van der Waals surface area (Å²) < 4.78 is 0. The number of rotatable bonds is 5. The van der Waals surface area contributed by atoms with Crippen LogP contribution in [0.15, 0.2) is 66.0 Å². The van der Waals surface area contributed by atoms with Gasteiger partial charge in [0.25, 0.3) is 11.6 Å². The van der Waals surface area contributed by atoms with E-state index < -0.39 is 4.92 Å². The first-order valence-corrected chi connectivity index (χ1v) is 13.4. The first-order valence-electron chi connectivity index (χ1n) is 11.7. The van der Waals surface area contributed by atoms with Crippen LogP contribution in [-0.4, -0.2) is 20.8 Å². The number of fused-ring (bicyclic) bond motifs is 2. The average molecular weight is 528 g/mol. The molecular weight excluding hydrogens is 506 g/mol. The molecule has 5 aromatic rings. The first-order chi connectivity index (χ1) is 18.0. The number of hydrogen-bond donors (Lipinski definition) is 2. The van der Waals surface area contributed by atoms with Crippen LogP contribution >= 0.6 is 22.7 Å². The molecule has 0 radical (unpaired) electrons. The minimum Gasteiger partial charge on any atom is -0.397 e. The fraction of sp³-hybridized carbons (Fsp3) is 0.148. The molecule has 3 heterocycles. The van der Waals surface area contributed by atoms with E-state index in [1.165, 1.54) is 45.9 Å². The summed E-state index contributed by atoms with van der Waals surface area (Å²) in [5, 5.41) is 16.8. The number of benzene rings is 2. The zero-order valence-corrected chi connectivity index (χ0v) is 21.1. The number of hydrogen-bond acceptors (Lipinski definition) is 8. The predicted molar refractivity (Wildman–Crippen MR) is 147 cm³/mol. The molecule has 1 aliphatic carbocycles. The molecule has 0 aliphatic heterocycles. The number of amides is 1. The van der Waals surface area contributed by atoms with Gasteiger partial charge in [-0.3, -0.25) is 20.2 Å². The summed E-state index contributed by atoms with van der Waals surface area (Å²) >= 11 is 2.53. The highest BCUT2D eigenvalue weighted by atomic mass is 32.1. The number of thiophene rings is 1. The third-order valence-electron chi connectivity index (χ3n) is 6.64. The van der Waals surface area contributed by atoms with Crippen molar-refractivity contribution in [2.75, 3.05) is 11.1 Å². The second kappa shape index (κ2) is 9.38. The number of nitro benzene ring substituents is 1. The van der Waals surface area contributed by atoms with Crippen molar-refractivity contribution in [3.63, 3.8) is 0 Å². The second-order valence-electron chi connectivity index (χ2n) is 8.94. The monoisotopic (exact) mass is 527 g/mol. The molecule has 1 aliphatic rings. The van der Waals surface area contributed by atoms with Gasteiger partial charge in [0.2, 0.25) is 0 Å². The van der Waals surface area contributed by atoms with Crippen molar-refractivity contribution in [1.29, 1.82) is 0 Å². The molecule has 1 unspecified atom stereocenters. The number of pyridine rings is 1. The van der Waals surface area contributed by atoms with E-state index in [1.807, 2.05) is 6.07 Å². The standard InChI is InChI=1S/C27H21N5O3S2/c28-23-20-13-18-11-16(15-5-2-1-3-6-15)9-10-21(18)29-26(20)37-24(23)25(33)31-27-30-22(14-36-27)17-7-4-8-19(12-17)32(34)35/h1-8,12-14,16H,9-11,28H2,(H,30,31,33). The highest BCUT2D eigenvalue weighted by Gasteiger charge is 2.25. The van der Waals surface area contributed by atoms with Crippen LogP contribution in [0.3, 0.4) is 0 Å². The van der Waals surface area contributed by atoms with Gasteiger partial charge in [-0.25, -0.2) is 9.97 Å². The average Bonchev–Trinajstić information content (AvgIpc) is 3.52. The van der Waals surface area contributed by atoms with Crippen LogP contribution < -0.4 is 11.1 Å². The number of carbonyl (C=O) groups is 1. The van der Waals surface area contributed by atoms with Gasteiger partial charge < -0.3 is 5.73 Å². The maximum atomic E-state index is 13.1. The Morgan fingerprint density at radius 1 is 1.11 bits per heavy atom. The Hall–Kier alpha value is -4.15. The minimum absolute atomic E-state index is 0.0144. The van der Waals surface area contributed by atoms with Crippen LogP contribution in [0.25, 0.3) is 21.5 Å². The molecule has 0 saturated carbocycles. The molecule has 0 saturated heterocycles. The summed E-state index contributed by atoms with van der Waals surface area (Å²) in [5.41, 5.74) is 11.6. The van der Waals surface area contributed by atoms with E-state index in [-0.39, 0.29) is 11.6 Å². The number of nitro groups is 1. The third-order valence-corrected chi connectivity index (χ3v) is 8.51. The molecule has 10 heteroatoms. The number of aryl methyl sites for hydroxylation is 1. The number of nitrogens with two attached hydrogens (primary N) is 1. The Balaban J connectivity index is 1.24. The lowest BCUT2D eigenvalue weighted by atomic mass is 9.82. The molecule has 37 heavy (non-hydrogen) atoms. The van der Waals surface area contributed by atoms with Crippen molar-refractivity contribution in [1.82, 2.24) is 9.97 Å². The fourth-order valence-electron chi connectivity index (χ4n) is 4.77. The van der Waals surface area contributed by atoms with Crippen molar-refractivity contribution in [2.24, 2.45) is 0 Å². The summed E-state index contributed by atoms with van der Waals surface area (Å²) in [6.45, 7) is 0. The van der Waals surface area contributed by atoms with Gasteiger partial charge in [0.15, 0.2) is 5.13 Å². The normalized spacial score (nSPS) is 14.9. The van der Waals surface area contributed by atoms with E-state index in [1.54, 1.807) is 17.5 Å². The van der Waals surface area contributed by atoms with Crippen molar-refractivity contribution in [3.8, 4) is 11.3 Å². The van der Waals surface area contributed by atoms with Crippen LogP contribution in [0, 0.1) is 10.1 Å². The summed E-state index contributed by atoms with van der Waals surface area (Å²) in [6.07, 6.45) is 2.84. The maximum absolute atomic E-state index is 13.1. The quantitative estimate of drug-likeness (QED) is 0.200. The molecule has 0 bridgehead atoms. The number of anilines is 2. The highest BCUT2D eigenvalue weighted by molar-refractivity contribution is 7.21. The van der Waals surface area contributed by atoms with Gasteiger partial charge in [-0.05, 0) is 42.4 Å². The first kappa shape index (κ1) is 23.3. The fourth-order valence-corrected chi connectivity index (χ4v) is 6.47. The molecule has 3 aromatic heterocycles. The predicted octanol–water partition coefficient (Wildman–Crippen LogP) is 6.44. The van der Waals surface area contributed by atoms with E-state index in [4.69, 9.17) is 10.7 Å². The second-order valence-corrected chi connectivity index (χ2v) is 10.8. The van der Waals surface area contributed by atoms with Gasteiger partial charge in [0, 0.05) is 34.2 Å². The minimum atomic E-state index is -0.448. The number of aromatic nitrogens is 2. The molecular formula is C27H21N5O3S2. The number of thiazole rings is 1. The summed E-state index contributed by atoms with van der Waals surface area (Å²) in [5.74, 6) is 0.0984. The Morgan fingerprint density at radius 2 is 1.95 bits per heavy atom. The van der Waals surface area contributed by atoms with Gasteiger partial charge in [-0.2, -0.15) is 0 Å². The summed E-state index contributed by atoms with van der Waals surface area (Å²) in [4.78, 5) is 34.2. The molecule has 3 N–H and O–H groups in total. The van der Waals surface area contributed by atoms with Crippen LogP contribution in [0.2, 0.25) is 0 Å². The van der Waals surface area contributed by atoms with Gasteiger partial charge in [0.05, 0.1) is 16.3 Å². The molecule has 0 fully saturated rings. The summed E-state index contributed by atoms with van der Waals surface area (Å²) in [6, 6.07) is 18.9. The Bertz CT molecular complexity index is 1660. The van der Waals surface area contributed by atoms with Gasteiger partial charge >= 0.3 is 0 Å². The Morgan fingerprint density at radius 3 is 2.76 bits per heavy atom. The number of carbonyl (C=O) groups excluding carboxylic acids is 1. The zero-order valence-electron chi connectivity index (χ0n) is 19.5. The Labute approximate surface area is 220 Å². The SMILES string of the molecule is Nc1c(C(=O)Nc2nc(-c3cccc([N+](=O)[O-])c3)cs2)sc2nc3c(cc12)CC(c1ccccc1)CC3. The van der Waals surface area contributed by atoms with Gasteiger partial charge in [-0.15, -0.1) is 22.7 Å². The molecule has 0 spiro atoms. The van der Waals surface area contributed by atoms with Crippen molar-refractivity contribution < 1.29 is 9.72 Å². The van der Waals surface area contributed by atoms with E-state index in [0.717, 1.165) is 35.2 Å². The maximum Gasteiger partial charge on any atom is 0.270 e. The lowest BCUT2D eigenvalue weighted by Crippen LogP contribution is -2.14. The smallest absolute Gasteiger partial charge is 0.270 e. The summed E-state index contributed by atoms with van der Waals surface area (Å²) in [7, 11) is 0. The van der Waals surface area contributed by atoms with Crippen LogP contribution in [0.5, 0.6) is 0 Å². The van der Waals surface area contributed by atoms with Gasteiger partial charge in [-0.1, -0.05) is 42.5 Å². The lowest BCUT2D eigenvalue weighted by Gasteiger charge is -2.24. The van der Waals surface area contributed by atoms with Crippen molar-refractivity contribution in [3.05, 3.63) is 97.9 Å².